The first-order valence-corrected chi connectivity index (χ1v) is 7.38. The first-order valence-electron chi connectivity index (χ1n) is 7.38. The summed E-state index contributed by atoms with van der Waals surface area (Å²) in [5.41, 5.74) is 5.44. The number of nitrogens with zero attached hydrogens (tertiary/aromatic N) is 3. The molecule has 0 aromatic carbocycles. The molecular weight excluding hydrogens is 252 g/mol. The molecule has 2 rings (SSSR count). The van der Waals surface area contributed by atoms with Gasteiger partial charge in [0.2, 0.25) is 5.91 Å². The number of amides is 1. The molecule has 1 aliphatic rings. The summed E-state index contributed by atoms with van der Waals surface area (Å²) in [7, 11) is 0. The summed E-state index contributed by atoms with van der Waals surface area (Å²) in [6.45, 7) is 5.72. The van der Waals surface area contributed by atoms with Crippen LogP contribution >= 0.6 is 0 Å². The Kier molecular flexibility index (Phi) is 5.35. The zero-order chi connectivity index (χ0) is 14.4. The molecule has 1 fully saturated rings. The number of aromatic nitrogens is 1. The Labute approximate surface area is 120 Å². The zero-order valence-electron chi connectivity index (χ0n) is 12.2. The molecule has 1 amide bonds. The van der Waals surface area contributed by atoms with Crippen LogP contribution in [-0.2, 0) is 4.79 Å². The minimum atomic E-state index is 0.0552. The summed E-state index contributed by atoms with van der Waals surface area (Å²) in [6.07, 6.45) is 4.04. The van der Waals surface area contributed by atoms with Crippen molar-refractivity contribution in [2.45, 2.75) is 19.8 Å². The van der Waals surface area contributed by atoms with Gasteiger partial charge in [0.15, 0.2) is 0 Å². The van der Waals surface area contributed by atoms with Crippen LogP contribution in [0.2, 0.25) is 0 Å². The Morgan fingerprint density at radius 1 is 1.45 bits per heavy atom. The van der Waals surface area contributed by atoms with Crippen LogP contribution < -0.4 is 10.6 Å². The molecule has 1 aliphatic heterocycles. The topological polar surface area (TPSA) is 62.5 Å². The quantitative estimate of drug-likeness (QED) is 0.875. The zero-order valence-corrected chi connectivity index (χ0v) is 12.2. The van der Waals surface area contributed by atoms with E-state index in [0.29, 0.717) is 5.92 Å². The monoisotopic (exact) mass is 276 g/mol. The lowest BCUT2D eigenvalue weighted by molar-refractivity contribution is -0.130. The highest BCUT2D eigenvalue weighted by Gasteiger charge is 2.23. The van der Waals surface area contributed by atoms with Gasteiger partial charge in [-0.05, 0) is 37.8 Å². The number of piperidine rings is 1. The molecule has 0 atom stereocenters. The molecule has 0 aliphatic carbocycles. The number of likely N-dealkylation sites (N-methyl/N-ethyl adjacent to an activating group) is 1. The van der Waals surface area contributed by atoms with Crippen molar-refractivity contribution in [3.63, 3.8) is 0 Å². The Bertz CT molecular complexity index is 415. The minimum Gasteiger partial charge on any atom is -0.357 e. The van der Waals surface area contributed by atoms with Crippen molar-refractivity contribution >= 4 is 11.7 Å². The number of carbonyl (C=O) groups excluding carboxylic acids is 1. The molecule has 0 spiro atoms. The molecule has 5 heteroatoms. The number of carbonyl (C=O) groups is 1. The second kappa shape index (κ2) is 7.24. The number of pyridine rings is 1. The maximum atomic E-state index is 11.7. The van der Waals surface area contributed by atoms with Gasteiger partial charge in [-0.15, -0.1) is 0 Å². The van der Waals surface area contributed by atoms with Crippen LogP contribution in [0.3, 0.4) is 0 Å². The highest BCUT2D eigenvalue weighted by atomic mass is 16.2. The summed E-state index contributed by atoms with van der Waals surface area (Å²) in [5, 5.41) is 0. The Morgan fingerprint density at radius 2 is 2.20 bits per heavy atom. The van der Waals surface area contributed by atoms with Crippen molar-refractivity contribution in [2.75, 3.05) is 37.6 Å². The van der Waals surface area contributed by atoms with Crippen LogP contribution in [0.4, 0.5) is 5.82 Å². The number of hydrogen-bond donors (Lipinski definition) is 1. The maximum absolute atomic E-state index is 11.7. The summed E-state index contributed by atoms with van der Waals surface area (Å²) < 4.78 is 0. The van der Waals surface area contributed by atoms with E-state index < -0.39 is 0 Å². The molecule has 5 nitrogen and oxygen atoms in total. The standard InChI is InChI=1S/C15H24N4O/c1-2-18(15(20)11-16)12-13-6-9-19(10-7-13)14-5-3-4-8-17-14/h3-5,8,13H,2,6-7,9-12,16H2,1H3. The van der Waals surface area contributed by atoms with E-state index in [1.54, 1.807) is 0 Å². The summed E-state index contributed by atoms with van der Waals surface area (Å²) in [5.74, 6) is 1.68. The van der Waals surface area contributed by atoms with Crippen LogP contribution in [0.5, 0.6) is 0 Å². The van der Waals surface area contributed by atoms with Gasteiger partial charge in [0.25, 0.3) is 0 Å². The van der Waals surface area contributed by atoms with Gasteiger partial charge in [-0.3, -0.25) is 4.79 Å². The van der Waals surface area contributed by atoms with Crippen molar-refractivity contribution < 1.29 is 4.79 Å². The highest BCUT2D eigenvalue weighted by molar-refractivity contribution is 5.77. The molecular formula is C15H24N4O. The van der Waals surface area contributed by atoms with Gasteiger partial charge in [-0.1, -0.05) is 6.07 Å². The molecule has 2 heterocycles. The molecule has 0 unspecified atom stereocenters. The second-order valence-corrected chi connectivity index (χ2v) is 5.25. The van der Waals surface area contributed by atoms with Gasteiger partial charge in [-0.2, -0.15) is 0 Å². The van der Waals surface area contributed by atoms with E-state index >= 15 is 0 Å². The van der Waals surface area contributed by atoms with Crippen LogP contribution in [0.25, 0.3) is 0 Å². The van der Waals surface area contributed by atoms with E-state index in [9.17, 15) is 4.79 Å². The lowest BCUT2D eigenvalue weighted by Gasteiger charge is -2.35. The smallest absolute Gasteiger partial charge is 0.236 e. The summed E-state index contributed by atoms with van der Waals surface area (Å²) >= 11 is 0. The predicted octanol–water partition coefficient (Wildman–Crippen LogP) is 1.11. The first-order chi connectivity index (χ1) is 9.74. The summed E-state index contributed by atoms with van der Waals surface area (Å²) in [6, 6.07) is 6.01. The molecule has 2 N–H and O–H groups in total. The Hall–Kier alpha value is -1.62. The van der Waals surface area contributed by atoms with Crippen LogP contribution in [0.15, 0.2) is 24.4 Å². The normalized spacial score (nSPS) is 16.2. The largest absolute Gasteiger partial charge is 0.357 e. The van der Waals surface area contributed by atoms with Gasteiger partial charge in [0.1, 0.15) is 5.82 Å². The molecule has 0 bridgehead atoms. The molecule has 20 heavy (non-hydrogen) atoms. The third kappa shape index (κ3) is 3.70. The van der Waals surface area contributed by atoms with Crippen LogP contribution in [0, 0.1) is 5.92 Å². The van der Waals surface area contributed by atoms with Crippen LogP contribution in [0.1, 0.15) is 19.8 Å². The highest BCUT2D eigenvalue weighted by Crippen LogP contribution is 2.22. The fraction of sp³-hybridized carbons (Fsp3) is 0.600. The third-order valence-corrected chi connectivity index (χ3v) is 3.98. The summed E-state index contributed by atoms with van der Waals surface area (Å²) in [4.78, 5) is 20.3. The fourth-order valence-electron chi connectivity index (χ4n) is 2.73. The Morgan fingerprint density at radius 3 is 2.75 bits per heavy atom. The van der Waals surface area contributed by atoms with Crippen molar-refractivity contribution in [1.82, 2.24) is 9.88 Å². The average Bonchev–Trinajstić information content (AvgIpc) is 2.53. The molecule has 1 aromatic rings. The van der Waals surface area contributed by atoms with Crippen molar-refractivity contribution in [3.8, 4) is 0 Å². The van der Waals surface area contributed by atoms with Gasteiger partial charge < -0.3 is 15.5 Å². The second-order valence-electron chi connectivity index (χ2n) is 5.25. The van der Waals surface area contributed by atoms with Crippen LogP contribution in [-0.4, -0.2) is 48.5 Å². The fourth-order valence-corrected chi connectivity index (χ4v) is 2.73. The molecule has 0 radical (unpaired) electrons. The lowest BCUT2D eigenvalue weighted by atomic mass is 9.96. The molecule has 110 valence electrons. The van der Waals surface area contributed by atoms with Gasteiger partial charge in [0, 0.05) is 32.4 Å². The van der Waals surface area contributed by atoms with E-state index in [1.165, 1.54) is 0 Å². The SMILES string of the molecule is CCN(CC1CCN(c2ccccn2)CC1)C(=O)CN. The van der Waals surface area contributed by atoms with E-state index in [4.69, 9.17) is 5.73 Å². The number of rotatable bonds is 5. The van der Waals surface area contributed by atoms with E-state index in [2.05, 4.69) is 16.0 Å². The number of hydrogen-bond acceptors (Lipinski definition) is 4. The third-order valence-electron chi connectivity index (χ3n) is 3.98. The maximum Gasteiger partial charge on any atom is 0.236 e. The minimum absolute atomic E-state index is 0.0552. The van der Waals surface area contributed by atoms with E-state index in [1.807, 2.05) is 30.2 Å². The van der Waals surface area contributed by atoms with Crippen molar-refractivity contribution in [1.29, 1.82) is 0 Å². The van der Waals surface area contributed by atoms with Gasteiger partial charge in [0.05, 0.1) is 6.54 Å². The lowest BCUT2D eigenvalue weighted by Crippen LogP contribution is -2.43. The predicted molar refractivity (Wildman–Crippen MR) is 80.5 cm³/mol. The molecule has 1 saturated heterocycles. The molecule has 0 saturated carbocycles. The first kappa shape index (κ1) is 14.8. The van der Waals surface area contributed by atoms with Gasteiger partial charge in [-0.25, -0.2) is 4.98 Å². The Balaban J connectivity index is 1.84. The molecule has 1 aromatic heterocycles. The van der Waals surface area contributed by atoms with E-state index in [0.717, 1.165) is 44.8 Å². The van der Waals surface area contributed by atoms with Gasteiger partial charge >= 0.3 is 0 Å². The number of anilines is 1. The van der Waals surface area contributed by atoms with E-state index in [-0.39, 0.29) is 12.5 Å². The van der Waals surface area contributed by atoms with Crippen molar-refractivity contribution in [2.24, 2.45) is 11.7 Å². The number of nitrogens with two attached hydrogens (primary N) is 1. The van der Waals surface area contributed by atoms with Crippen molar-refractivity contribution in [3.05, 3.63) is 24.4 Å². The average molecular weight is 276 g/mol.